The van der Waals surface area contributed by atoms with Crippen LogP contribution in [0.5, 0.6) is 0 Å². The molecular formula is C10H7ClN2O2. The SMILES string of the molecule is O=C(O)c1cccn1-c1ncccc1Cl. The third kappa shape index (κ3) is 1.71. The minimum Gasteiger partial charge on any atom is -0.477 e. The van der Waals surface area contributed by atoms with Gasteiger partial charge in [-0.05, 0) is 24.3 Å². The van der Waals surface area contributed by atoms with Crippen LogP contribution in [-0.2, 0) is 0 Å². The van der Waals surface area contributed by atoms with Crippen molar-refractivity contribution in [3.8, 4) is 5.82 Å². The van der Waals surface area contributed by atoms with E-state index in [0.29, 0.717) is 10.8 Å². The molecule has 0 unspecified atom stereocenters. The van der Waals surface area contributed by atoms with Gasteiger partial charge in [-0.15, -0.1) is 0 Å². The van der Waals surface area contributed by atoms with Gasteiger partial charge in [0.2, 0.25) is 0 Å². The van der Waals surface area contributed by atoms with Crippen LogP contribution in [0.1, 0.15) is 10.5 Å². The molecule has 2 aromatic rings. The number of carboxylic acid groups (broad SMARTS) is 1. The molecule has 0 atom stereocenters. The number of nitrogens with zero attached hydrogens (tertiary/aromatic N) is 2. The van der Waals surface area contributed by atoms with E-state index < -0.39 is 5.97 Å². The molecule has 15 heavy (non-hydrogen) atoms. The van der Waals surface area contributed by atoms with Crippen molar-refractivity contribution in [1.29, 1.82) is 0 Å². The van der Waals surface area contributed by atoms with Gasteiger partial charge in [0.05, 0.1) is 5.02 Å². The number of carbonyl (C=O) groups is 1. The molecular weight excluding hydrogens is 216 g/mol. The molecule has 0 saturated heterocycles. The Morgan fingerprint density at radius 1 is 1.40 bits per heavy atom. The first-order valence-corrected chi connectivity index (χ1v) is 4.59. The highest BCUT2D eigenvalue weighted by atomic mass is 35.5. The molecule has 2 heterocycles. The zero-order valence-electron chi connectivity index (χ0n) is 7.59. The van der Waals surface area contributed by atoms with E-state index in [1.165, 1.54) is 10.6 Å². The zero-order valence-corrected chi connectivity index (χ0v) is 8.35. The first kappa shape index (κ1) is 9.73. The standard InChI is InChI=1S/C10H7ClN2O2/c11-7-3-1-5-12-9(7)13-6-2-4-8(13)10(14)15/h1-6H,(H,14,15). The molecule has 0 aliphatic rings. The van der Waals surface area contributed by atoms with Gasteiger partial charge in [-0.1, -0.05) is 11.6 Å². The predicted molar refractivity (Wildman–Crippen MR) is 55.5 cm³/mol. The van der Waals surface area contributed by atoms with E-state index in [0.717, 1.165) is 0 Å². The van der Waals surface area contributed by atoms with Crippen molar-refractivity contribution in [1.82, 2.24) is 9.55 Å². The van der Waals surface area contributed by atoms with Crippen molar-refractivity contribution in [3.63, 3.8) is 0 Å². The first-order valence-electron chi connectivity index (χ1n) is 4.21. The summed E-state index contributed by atoms with van der Waals surface area (Å²) in [4.78, 5) is 14.9. The number of halogens is 1. The lowest BCUT2D eigenvalue weighted by Crippen LogP contribution is -2.07. The van der Waals surface area contributed by atoms with Crippen LogP contribution in [0.2, 0.25) is 5.02 Å². The van der Waals surface area contributed by atoms with Crippen molar-refractivity contribution in [3.05, 3.63) is 47.4 Å². The van der Waals surface area contributed by atoms with Gasteiger partial charge in [0.15, 0.2) is 5.82 Å². The van der Waals surface area contributed by atoms with E-state index in [9.17, 15) is 4.79 Å². The number of carboxylic acids is 1. The van der Waals surface area contributed by atoms with Crippen LogP contribution in [0.4, 0.5) is 0 Å². The van der Waals surface area contributed by atoms with Crippen molar-refractivity contribution in [2.45, 2.75) is 0 Å². The Balaban J connectivity index is 2.59. The zero-order chi connectivity index (χ0) is 10.8. The normalized spacial score (nSPS) is 10.2. The Bertz CT molecular complexity index is 508. The average molecular weight is 223 g/mol. The predicted octanol–water partition coefficient (Wildman–Crippen LogP) is 2.22. The van der Waals surface area contributed by atoms with Crippen LogP contribution in [0.15, 0.2) is 36.7 Å². The number of aromatic nitrogens is 2. The highest BCUT2D eigenvalue weighted by molar-refractivity contribution is 6.32. The Kier molecular flexibility index (Phi) is 2.43. The maximum absolute atomic E-state index is 10.9. The number of hydrogen-bond acceptors (Lipinski definition) is 2. The Labute approximate surface area is 90.8 Å². The summed E-state index contributed by atoms with van der Waals surface area (Å²) in [6, 6.07) is 6.48. The minimum atomic E-state index is -1.01. The summed E-state index contributed by atoms with van der Waals surface area (Å²) in [5, 5.41) is 9.33. The summed E-state index contributed by atoms with van der Waals surface area (Å²) >= 11 is 5.92. The summed E-state index contributed by atoms with van der Waals surface area (Å²) in [5.74, 6) is -0.594. The fourth-order valence-corrected chi connectivity index (χ4v) is 1.51. The second-order valence-corrected chi connectivity index (χ2v) is 3.28. The van der Waals surface area contributed by atoms with Crippen LogP contribution >= 0.6 is 11.6 Å². The molecule has 0 amide bonds. The molecule has 0 aromatic carbocycles. The maximum Gasteiger partial charge on any atom is 0.352 e. The maximum atomic E-state index is 10.9. The van der Waals surface area contributed by atoms with Crippen molar-refractivity contribution in [2.24, 2.45) is 0 Å². The molecule has 0 radical (unpaired) electrons. The number of aromatic carboxylic acids is 1. The van der Waals surface area contributed by atoms with Crippen molar-refractivity contribution in [2.75, 3.05) is 0 Å². The first-order chi connectivity index (χ1) is 7.20. The number of rotatable bonds is 2. The summed E-state index contributed by atoms with van der Waals surface area (Å²) in [6.45, 7) is 0. The van der Waals surface area contributed by atoms with Crippen LogP contribution in [0, 0.1) is 0 Å². The third-order valence-corrected chi connectivity index (χ3v) is 2.23. The Morgan fingerprint density at radius 2 is 2.20 bits per heavy atom. The smallest absolute Gasteiger partial charge is 0.352 e. The van der Waals surface area contributed by atoms with Crippen LogP contribution in [0.25, 0.3) is 5.82 Å². The van der Waals surface area contributed by atoms with Gasteiger partial charge >= 0.3 is 5.97 Å². The summed E-state index contributed by atoms with van der Waals surface area (Å²) < 4.78 is 1.44. The summed E-state index contributed by atoms with van der Waals surface area (Å²) in [6.07, 6.45) is 3.17. The largest absolute Gasteiger partial charge is 0.477 e. The van der Waals surface area contributed by atoms with Gasteiger partial charge in [-0.2, -0.15) is 0 Å². The molecule has 1 N–H and O–H groups in total. The Hall–Kier alpha value is -1.81. The average Bonchev–Trinajstić information content (AvgIpc) is 2.67. The van der Waals surface area contributed by atoms with Gasteiger partial charge in [0, 0.05) is 12.4 Å². The van der Waals surface area contributed by atoms with Crippen LogP contribution in [0.3, 0.4) is 0 Å². The molecule has 0 spiro atoms. The van der Waals surface area contributed by atoms with Crippen LogP contribution < -0.4 is 0 Å². The van der Waals surface area contributed by atoms with Gasteiger partial charge < -0.3 is 5.11 Å². The van der Waals surface area contributed by atoms with E-state index in [2.05, 4.69) is 4.98 Å². The second-order valence-electron chi connectivity index (χ2n) is 2.88. The Morgan fingerprint density at radius 3 is 2.87 bits per heavy atom. The molecule has 0 saturated carbocycles. The second kappa shape index (κ2) is 3.74. The quantitative estimate of drug-likeness (QED) is 0.848. The van der Waals surface area contributed by atoms with E-state index in [4.69, 9.17) is 16.7 Å². The number of hydrogen-bond donors (Lipinski definition) is 1. The third-order valence-electron chi connectivity index (χ3n) is 1.94. The molecule has 2 rings (SSSR count). The molecule has 4 nitrogen and oxygen atoms in total. The van der Waals surface area contributed by atoms with E-state index in [-0.39, 0.29) is 5.69 Å². The minimum absolute atomic E-state index is 0.135. The van der Waals surface area contributed by atoms with Gasteiger partial charge in [-0.25, -0.2) is 9.78 Å². The van der Waals surface area contributed by atoms with E-state index in [1.807, 2.05) is 0 Å². The van der Waals surface area contributed by atoms with E-state index >= 15 is 0 Å². The molecule has 76 valence electrons. The topological polar surface area (TPSA) is 55.1 Å². The molecule has 0 bridgehead atoms. The van der Waals surface area contributed by atoms with Gasteiger partial charge in [-0.3, -0.25) is 4.57 Å². The molecule has 0 aliphatic heterocycles. The molecule has 0 aliphatic carbocycles. The highest BCUT2D eigenvalue weighted by Crippen LogP contribution is 2.19. The lowest BCUT2D eigenvalue weighted by atomic mass is 10.4. The van der Waals surface area contributed by atoms with Crippen molar-refractivity contribution < 1.29 is 9.90 Å². The molecule has 0 fully saturated rings. The van der Waals surface area contributed by atoms with Crippen LogP contribution in [-0.4, -0.2) is 20.6 Å². The fraction of sp³-hybridized carbons (Fsp3) is 0. The molecule has 5 heteroatoms. The van der Waals surface area contributed by atoms with Crippen molar-refractivity contribution >= 4 is 17.6 Å². The lowest BCUT2D eigenvalue weighted by molar-refractivity contribution is 0.0688. The molecule has 2 aromatic heterocycles. The van der Waals surface area contributed by atoms with Gasteiger partial charge in [0.1, 0.15) is 5.69 Å². The summed E-state index contributed by atoms with van der Waals surface area (Å²) in [7, 11) is 0. The van der Waals surface area contributed by atoms with Gasteiger partial charge in [0.25, 0.3) is 0 Å². The lowest BCUT2D eigenvalue weighted by Gasteiger charge is -2.06. The van der Waals surface area contributed by atoms with E-state index in [1.54, 1.807) is 30.6 Å². The highest BCUT2D eigenvalue weighted by Gasteiger charge is 2.12. The fourth-order valence-electron chi connectivity index (χ4n) is 1.29. The number of pyridine rings is 1. The monoisotopic (exact) mass is 222 g/mol. The summed E-state index contributed by atoms with van der Waals surface area (Å²) in [5.41, 5.74) is 0.135.